The second-order valence-electron chi connectivity index (χ2n) is 5.48. The van der Waals surface area contributed by atoms with Crippen LogP contribution in [0.4, 0.5) is 5.95 Å². The highest BCUT2D eigenvalue weighted by atomic mass is 32.1. The van der Waals surface area contributed by atoms with E-state index in [-0.39, 0.29) is 0 Å². The monoisotopic (exact) mass is 339 g/mol. The second-order valence-corrected chi connectivity index (χ2v) is 6.57. The van der Waals surface area contributed by atoms with Gasteiger partial charge in [-0.1, -0.05) is 44.2 Å². The van der Waals surface area contributed by atoms with Crippen LogP contribution in [0.3, 0.4) is 0 Å². The summed E-state index contributed by atoms with van der Waals surface area (Å²) in [5.41, 5.74) is 4.18. The number of aromatic nitrogens is 4. The maximum Gasteiger partial charge on any atom is 0.243 e. The molecule has 24 heavy (non-hydrogen) atoms. The average molecular weight is 339 g/mol. The molecule has 3 aromatic rings. The third-order valence-corrected chi connectivity index (χ3v) is 5.04. The van der Waals surface area contributed by atoms with Gasteiger partial charge in [-0.3, -0.25) is 0 Å². The van der Waals surface area contributed by atoms with Crippen LogP contribution in [-0.4, -0.2) is 20.2 Å². The topological polar surface area (TPSA) is 63.6 Å². The molecule has 0 saturated carbocycles. The third kappa shape index (κ3) is 3.59. The molecule has 0 fully saturated rings. The van der Waals surface area contributed by atoms with Gasteiger partial charge in [0.05, 0.1) is 23.6 Å². The molecule has 0 saturated heterocycles. The molecular formula is C18H21N5S. The van der Waals surface area contributed by atoms with Crippen molar-refractivity contribution < 1.29 is 0 Å². The molecule has 0 aliphatic rings. The number of rotatable bonds is 6. The smallest absolute Gasteiger partial charge is 0.243 e. The van der Waals surface area contributed by atoms with E-state index in [1.165, 1.54) is 4.88 Å². The Labute approximate surface area is 146 Å². The fourth-order valence-corrected chi connectivity index (χ4v) is 3.48. The molecule has 5 nitrogen and oxygen atoms in total. The summed E-state index contributed by atoms with van der Waals surface area (Å²) in [6.45, 7) is 6.86. The highest BCUT2D eigenvalue weighted by Gasteiger charge is 2.11. The van der Waals surface area contributed by atoms with Crippen molar-refractivity contribution in [2.75, 3.05) is 5.32 Å². The van der Waals surface area contributed by atoms with Crippen molar-refractivity contribution in [2.24, 2.45) is 0 Å². The third-order valence-electron chi connectivity index (χ3n) is 3.83. The number of aryl methyl sites for hydroxylation is 3. The predicted octanol–water partition coefficient (Wildman–Crippen LogP) is 4.04. The molecule has 0 aliphatic carbocycles. The van der Waals surface area contributed by atoms with E-state index in [0.29, 0.717) is 12.5 Å². The van der Waals surface area contributed by atoms with E-state index in [0.717, 1.165) is 40.5 Å². The maximum absolute atomic E-state index is 4.68. The summed E-state index contributed by atoms with van der Waals surface area (Å²) < 4.78 is 0. The molecule has 1 N–H and O–H groups in total. The fraction of sp³-hybridized carbons (Fsp3) is 0.333. The van der Waals surface area contributed by atoms with Crippen molar-refractivity contribution in [1.82, 2.24) is 20.2 Å². The summed E-state index contributed by atoms with van der Waals surface area (Å²) in [6.07, 6.45) is 1.73. The lowest BCUT2D eigenvalue weighted by molar-refractivity contribution is 0.820. The molecule has 0 spiro atoms. The molecule has 0 bridgehead atoms. The van der Waals surface area contributed by atoms with Crippen molar-refractivity contribution in [3.63, 3.8) is 0 Å². The minimum atomic E-state index is 0.582. The zero-order valence-electron chi connectivity index (χ0n) is 14.2. The van der Waals surface area contributed by atoms with Gasteiger partial charge in [-0.15, -0.1) is 16.4 Å². The van der Waals surface area contributed by atoms with Crippen LogP contribution in [0.15, 0.2) is 30.3 Å². The number of nitrogens with one attached hydrogen (secondary N) is 1. The van der Waals surface area contributed by atoms with Crippen molar-refractivity contribution in [3.8, 4) is 10.6 Å². The predicted molar refractivity (Wildman–Crippen MR) is 98.2 cm³/mol. The quantitative estimate of drug-likeness (QED) is 0.734. The molecule has 0 atom stereocenters. The SMILES string of the molecule is CCc1nnc(NCc2sc(-c3ccccc3)nc2C)nc1CC. The maximum atomic E-state index is 4.68. The number of anilines is 1. The fourth-order valence-electron chi connectivity index (χ4n) is 2.47. The molecule has 2 heterocycles. The van der Waals surface area contributed by atoms with Gasteiger partial charge in [-0.05, 0) is 19.8 Å². The zero-order valence-corrected chi connectivity index (χ0v) is 15.0. The molecule has 1 aromatic carbocycles. The van der Waals surface area contributed by atoms with Gasteiger partial charge in [0.15, 0.2) is 0 Å². The molecule has 2 aromatic heterocycles. The van der Waals surface area contributed by atoms with Crippen molar-refractivity contribution in [1.29, 1.82) is 0 Å². The average Bonchev–Trinajstić information content (AvgIpc) is 3.01. The van der Waals surface area contributed by atoms with Crippen LogP contribution in [0, 0.1) is 6.92 Å². The van der Waals surface area contributed by atoms with Gasteiger partial charge in [-0.25, -0.2) is 9.97 Å². The lowest BCUT2D eigenvalue weighted by Crippen LogP contribution is -2.09. The Balaban J connectivity index is 1.74. The number of hydrogen-bond donors (Lipinski definition) is 1. The number of hydrogen-bond acceptors (Lipinski definition) is 6. The first-order valence-corrected chi connectivity index (χ1v) is 9.01. The molecule has 0 radical (unpaired) electrons. The van der Waals surface area contributed by atoms with Gasteiger partial charge in [0.1, 0.15) is 5.01 Å². The van der Waals surface area contributed by atoms with E-state index < -0.39 is 0 Å². The Kier molecular flexibility index (Phi) is 5.15. The highest BCUT2D eigenvalue weighted by Crippen LogP contribution is 2.28. The Morgan fingerprint density at radius 3 is 2.42 bits per heavy atom. The van der Waals surface area contributed by atoms with Gasteiger partial charge in [0.2, 0.25) is 5.95 Å². The second kappa shape index (κ2) is 7.49. The standard InChI is InChI=1S/C18H21N5S/c1-4-14-15(5-2)22-23-18(21-14)19-11-16-12(3)20-17(24-16)13-9-7-6-8-10-13/h6-10H,4-5,11H2,1-3H3,(H,19,21,23). The minimum Gasteiger partial charge on any atom is -0.348 e. The van der Waals surface area contributed by atoms with Gasteiger partial charge in [0, 0.05) is 10.4 Å². The van der Waals surface area contributed by atoms with Gasteiger partial charge in [0.25, 0.3) is 0 Å². The Morgan fingerprint density at radius 1 is 0.958 bits per heavy atom. The molecule has 6 heteroatoms. The largest absolute Gasteiger partial charge is 0.348 e. The van der Waals surface area contributed by atoms with Crippen LogP contribution in [-0.2, 0) is 19.4 Å². The number of nitrogens with zero attached hydrogens (tertiary/aromatic N) is 4. The number of benzene rings is 1. The first kappa shape index (κ1) is 16.5. The Bertz CT molecular complexity index is 814. The van der Waals surface area contributed by atoms with Crippen LogP contribution in [0.5, 0.6) is 0 Å². The lowest BCUT2D eigenvalue weighted by atomic mass is 10.2. The summed E-state index contributed by atoms with van der Waals surface area (Å²) in [6, 6.07) is 10.2. The van der Waals surface area contributed by atoms with Crippen LogP contribution >= 0.6 is 11.3 Å². The summed E-state index contributed by atoms with van der Waals surface area (Å²) >= 11 is 1.70. The van der Waals surface area contributed by atoms with E-state index in [4.69, 9.17) is 0 Å². The Morgan fingerprint density at radius 2 is 1.71 bits per heavy atom. The van der Waals surface area contributed by atoms with Crippen molar-refractivity contribution in [2.45, 2.75) is 40.2 Å². The Hall–Kier alpha value is -2.34. The van der Waals surface area contributed by atoms with Gasteiger partial charge < -0.3 is 5.32 Å². The molecule has 3 rings (SSSR count). The summed E-state index contributed by atoms with van der Waals surface area (Å²) in [4.78, 5) is 10.4. The normalized spacial score (nSPS) is 10.8. The van der Waals surface area contributed by atoms with Crippen molar-refractivity contribution in [3.05, 3.63) is 52.3 Å². The summed E-state index contributed by atoms with van der Waals surface area (Å²) in [5, 5.41) is 12.8. The van der Waals surface area contributed by atoms with Crippen LogP contribution in [0.1, 0.15) is 35.8 Å². The van der Waals surface area contributed by atoms with Crippen molar-refractivity contribution >= 4 is 17.3 Å². The first-order valence-electron chi connectivity index (χ1n) is 8.19. The van der Waals surface area contributed by atoms with E-state index in [1.807, 2.05) is 25.1 Å². The van der Waals surface area contributed by atoms with Crippen LogP contribution < -0.4 is 5.32 Å². The first-order chi connectivity index (χ1) is 11.7. The van der Waals surface area contributed by atoms with E-state index in [1.54, 1.807) is 11.3 Å². The van der Waals surface area contributed by atoms with Crippen LogP contribution in [0.25, 0.3) is 10.6 Å². The van der Waals surface area contributed by atoms with E-state index >= 15 is 0 Å². The highest BCUT2D eigenvalue weighted by molar-refractivity contribution is 7.15. The number of thiazole rings is 1. The van der Waals surface area contributed by atoms with Crippen LogP contribution in [0.2, 0.25) is 0 Å². The zero-order chi connectivity index (χ0) is 16.9. The summed E-state index contributed by atoms with van der Waals surface area (Å²) in [5.74, 6) is 0.582. The minimum absolute atomic E-state index is 0.582. The molecule has 124 valence electrons. The van der Waals surface area contributed by atoms with Gasteiger partial charge in [-0.2, -0.15) is 5.10 Å². The summed E-state index contributed by atoms with van der Waals surface area (Å²) in [7, 11) is 0. The van der Waals surface area contributed by atoms with Gasteiger partial charge >= 0.3 is 0 Å². The molecule has 0 amide bonds. The van der Waals surface area contributed by atoms with E-state index in [9.17, 15) is 0 Å². The molecular weight excluding hydrogens is 318 g/mol. The molecule has 0 aliphatic heterocycles. The lowest BCUT2D eigenvalue weighted by Gasteiger charge is -2.07. The van der Waals surface area contributed by atoms with E-state index in [2.05, 4.69) is 51.5 Å². The molecule has 0 unspecified atom stereocenters.